The largest absolute Gasteiger partial charge is 0.393 e. The molecule has 0 aromatic rings. The molecule has 0 aromatic carbocycles. The van der Waals surface area contributed by atoms with Crippen LogP contribution in [0.2, 0.25) is 0 Å². The molecule has 10 atom stereocenters. The summed E-state index contributed by atoms with van der Waals surface area (Å²) in [6, 6.07) is 0. The predicted octanol–water partition coefficient (Wildman–Crippen LogP) is 4.53. The first-order valence-electron chi connectivity index (χ1n) is 12.8. The fourth-order valence-corrected chi connectivity index (χ4v) is 9.10. The summed E-state index contributed by atoms with van der Waals surface area (Å²) < 4.78 is 0. The van der Waals surface area contributed by atoms with Crippen LogP contribution >= 0.6 is 0 Å². The number of rotatable bonds is 5. The SMILES string of the molecule is CCNC(=O)CCC(C)C1CCC2C3C[C@H](O)[C@@H]4C[C@H](O)CC[C@]4(C)C3CC[C@]12C. The Hall–Kier alpha value is -0.610. The molecule has 0 spiro atoms. The highest BCUT2D eigenvalue weighted by molar-refractivity contribution is 5.75. The van der Waals surface area contributed by atoms with E-state index >= 15 is 0 Å². The lowest BCUT2D eigenvalue weighted by atomic mass is 9.44. The van der Waals surface area contributed by atoms with Crippen LogP contribution in [0, 0.1) is 46.3 Å². The number of hydrogen-bond donors (Lipinski definition) is 3. The second-order valence-electron chi connectivity index (χ2n) is 11.9. The summed E-state index contributed by atoms with van der Waals surface area (Å²) in [5, 5.41) is 24.3. The second kappa shape index (κ2) is 8.39. The molecule has 4 nitrogen and oxygen atoms in total. The Morgan fingerprint density at radius 3 is 2.43 bits per heavy atom. The Balaban J connectivity index is 1.48. The van der Waals surface area contributed by atoms with E-state index in [9.17, 15) is 15.0 Å². The molecule has 0 aromatic heterocycles. The average molecular weight is 420 g/mol. The molecular formula is C26H45NO3. The number of fused-ring (bicyclic) bond motifs is 5. The van der Waals surface area contributed by atoms with E-state index in [1.54, 1.807) is 0 Å². The maximum Gasteiger partial charge on any atom is 0.219 e. The van der Waals surface area contributed by atoms with Crippen molar-refractivity contribution in [2.75, 3.05) is 6.54 Å². The van der Waals surface area contributed by atoms with Gasteiger partial charge in [0.25, 0.3) is 0 Å². The number of amides is 1. The summed E-state index contributed by atoms with van der Waals surface area (Å²) in [6.45, 7) is 10.1. The molecule has 0 saturated heterocycles. The maximum atomic E-state index is 12.0. The van der Waals surface area contributed by atoms with Crippen LogP contribution in [-0.2, 0) is 4.79 Å². The van der Waals surface area contributed by atoms with Gasteiger partial charge in [0.1, 0.15) is 0 Å². The molecule has 0 radical (unpaired) electrons. The van der Waals surface area contributed by atoms with Gasteiger partial charge in [-0.15, -0.1) is 0 Å². The maximum absolute atomic E-state index is 12.0. The molecular weight excluding hydrogens is 374 g/mol. The zero-order chi connectivity index (χ0) is 21.7. The van der Waals surface area contributed by atoms with Crippen LogP contribution in [0.15, 0.2) is 0 Å². The first-order chi connectivity index (χ1) is 14.2. The van der Waals surface area contributed by atoms with E-state index in [1.165, 1.54) is 25.7 Å². The lowest BCUT2D eigenvalue weighted by molar-refractivity contribution is -0.172. The van der Waals surface area contributed by atoms with E-state index in [2.05, 4.69) is 26.1 Å². The minimum Gasteiger partial charge on any atom is -0.393 e. The van der Waals surface area contributed by atoms with E-state index < -0.39 is 0 Å². The fourth-order valence-electron chi connectivity index (χ4n) is 9.10. The van der Waals surface area contributed by atoms with Crippen molar-refractivity contribution in [3.05, 3.63) is 0 Å². The van der Waals surface area contributed by atoms with Crippen molar-refractivity contribution in [1.29, 1.82) is 0 Å². The quantitative estimate of drug-likeness (QED) is 0.613. The van der Waals surface area contributed by atoms with Gasteiger partial charge in [0.2, 0.25) is 5.91 Å². The lowest BCUT2D eigenvalue weighted by Crippen LogP contribution is -2.58. The van der Waals surface area contributed by atoms with Crippen LogP contribution in [0.4, 0.5) is 0 Å². The Morgan fingerprint density at radius 1 is 1.00 bits per heavy atom. The van der Waals surface area contributed by atoms with Crippen molar-refractivity contribution in [1.82, 2.24) is 5.32 Å². The average Bonchev–Trinajstić information content (AvgIpc) is 3.05. The number of aliphatic hydroxyl groups excluding tert-OH is 2. The molecule has 1 amide bonds. The van der Waals surface area contributed by atoms with Gasteiger partial charge in [0, 0.05) is 13.0 Å². The number of aliphatic hydroxyl groups is 2. The third-order valence-electron chi connectivity index (χ3n) is 10.6. The van der Waals surface area contributed by atoms with Crippen molar-refractivity contribution in [2.24, 2.45) is 46.3 Å². The molecule has 4 aliphatic rings. The molecule has 0 heterocycles. The minimum absolute atomic E-state index is 0.196. The molecule has 4 rings (SSSR count). The van der Waals surface area contributed by atoms with Crippen molar-refractivity contribution < 1.29 is 15.0 Å². The first kappa shape index (κ1) is 22.6. The molecule has 4 aliphatic carbocycles. The van der Waals surface area contributed by atoms with Crippen LogP contribution in [0.5, 0.6) is 0 Å². The molecule has 172 valence electrons. The van der Waals surface area contributed by atoms with Gasteiger partial charge in [-0.3, -0.25) is 4.79 Å². The molecule has 4 saturated carbocycles. The third kappa shape index (κ3) is 3.64. The van der Waals surface area contributed by atoms with Crippen LogP contribution in [-0.4, -0.2) is 34.9 Å². The van der Waals surface area contributed by atoms with Crippen molar-refractivity contribution >= 4 is 5.91 Å². The molecule has 4 fully saturated rings. The van der Waals surface area contributed by atoms with Gasteiger partial charge < -0.3 is 15.5 Å². The van der Waals surface area contributed by atoms with Crippen molar-refractivity contribution in [2.45, 2.75) is 104 Å². The molecule has 0 bridgehead atoms. The predicted molar refractivity (Wildman–Crippen MR) is 120 cm³/mol. The van der Waals surface area contributed by atoms with E-state index in [1.807, 2.05) is 6.92 Å². The van der Waals surface area contributed by atoms with E-state index in [0.29, 0.717) is 41.4 Å². The Morgan fingerprint density at radius 2 is 1.70 bits per heavy atom. The zero-order valence-corrected chi connectivity index (χ0v) is 19.7. The second-order valence-corrected chi connectivity index (χ2v) is 11.9. The van der Waals surface area contributed by atoms with Gasteiger partial charge in [-0.25, -0.2) is 0 Å². The Kier molecular flexibility index (Phi) is 6.31. The normalized spacial score (nSPS) is 48.9. The minimum atomic E-state index is -0.247. The fraction of sp³-hybridized carbons (Fsp3) is 0.962. The monoisotopic (exact) mass is 419 g/mol. The molecule has 0 aliphatic heterocycles. The molecule has 30 heavy (non-hydrogen) atoms. The summed E-state index contributed by atoms with van der Waals surface area (Å²) in [6.07, 6.45) is 10.1. The first-order valence-corrected chi connectivity index (χ1v) is 12.8. The van der Waals surface area contributed by atoms with Crippen LogP contribution in [0.1, 0.15) is 91.9 Å². The molecule has 3 N–H and O–H groups in total. The standard InChI is InChI=1S/C26H45NO3/c1-5-27-24(30)9-6-16(2)19-7-8-20-18-15-23(29)22-14-17(28)10-12-26(22,4)21(18)11-13-25(19,20)3/h16-23,28-29H,5-15H2,1-4H3,(H,27,30)/t16?,17-,18?,19?,20?,21?,22+,23+,25-,26-/m1/s1. The van der Waals surface area contributed by atoms with Gasteiger partial charge in [0.15, 0.2) is 0 Å². The van der Waals surface area contributed by atoms with Gasteiger partial charge in [-0.1, -0.05) is 20.8 Å². The van der Waals surface area contributed by atoms with E-state index in [-0.39, 0.29) is 29.4 Å². The van der Waals surface area contributed by atoms with E-state index in [0.717, 1.165) is 38.6 Å². The van der Waals surface area contributed by atoms with Gasteiger partial charge >= 0.3 is 0 Å². The zero-order valence-electron chi connectivity index (χ0n) is 19.7. The lowest BCUT2D eigenvalue weighted by Gasteiger charge is -2.62. The summed E-state index contributed by atoms with van der Waals surface area (Å²) in [4.78, 5) is 12.0. The van der Waals surface area contributed by atoms with Crippen LogP contribution in [0.3, 0.4) is 0 Å². The summed E-state index contributed by atoms with van der Waals surface area (Å²) in [5.41, 5.74) is 0.559. The Bertz CT molecular complexity index is 638. The van der Waals surface area contributed by atoms with Gasteiger partial charge in [0.05, 0.1) is 12.2 Å². The summed E-state index contributed by atoms with van der Waals surface area (Å²) in [5.74, 6) is 3.82. The molecule has 5 unspecified atom stereocenters. The number of hydrogen-bond acceptors (Lipinski definition) is 3. The summed E-state index contributed by atoms with van der Waals surface area (Å²) in [7, 11) is 0. The number of carbonyl (C=O) groups excluding carboxylic acids is 1. The Labute approximate surface area is 183 Å². The van der Waals surface area contributed by atoms with Gasteiger partial charge in [-0.05, 0) is 111 Å². The molecule has 4 heteroatoms. The highest BCUT2D eigenvalue weighted by Gasteiger charge is 2.62. The van der Waals surface area contributed by atoms with Crippen molar-refractivity contribution in [3.8, 4) is 0 Å². The van der Waals surface area contributed by atoms with Gasteiger partial charge in [-0.2, -0.15) is 0 Å². The van der Waals surface area contributed by atoms with Crippen LogP contribution < -0.4 is 5.32 Å². The number of carbonyl (C=O) groups is 1. The smallest absolute Gasteiger partial charge is 0.219 e. The van der Waals surface area contributed by atoms with Crippen LogP contribution in [0.25, 0.3) is 0 Å². The third-order valence-corrected chi connectivity index (χ3v) is 10.6. The topological polar surface area (TPSA) is 69.6 Å². The van der Waals surface area contributed by atoms with E-state index in [4.69, 9.17) is 0 Å². The number of nitrogens with one attached hydrogen (secondary N) is 1. The highest BCUT2D eigenvalue weighted by Crippen LogP contribution is 2.68. The highest BCUT2D eigenvalue weighted by atomic mass is 16.3. The summed E-state index contributed by atoms with van der Waals surface area (Å²) >= 11 is 0. The van der Waals surface area contributed by atoms with Crippen molar-refractivity contribution in [3.63, 3.8) is 0 Å².